The first-order valence-corrected chi connectivity index (χ1v) is 9.07. The normalized spacial score (nSPS) is 27.0. The molecule has 0 spiro atoms. The fraction of sp³-hybridized carbons (Fsp3) is 0.444. The van der Waals surface area contributed by atoms with E-state index in [1.807, 2.05) is 37.3 Å². The van der Waals surface area contributed by atoms with Crippen LogP contribution in [0.25, 0.3) is 0 Å². The summed E-state index contributed by atoms with van der Waals surface area (Å²) in [5, 5.41) is 19.4. The van der Waals surface area contributed by atoms with Gasteiger partial charge in [0.2, 0.25) is 5.91 Å². The quantitative estimate of drug-likeness (QED) is 0.771. The minimum atomic E-state index is -1.07. The number of hydrogen-bond donors (Lipinski definition) is 2. The molecule has 3 rings (SSSR count). The largest absolute Gasteiger partial charge is 0.477 e. The van der Waals surface area contributed by atoms with Crippen molar-refractivity contribution in [2.45, 2.75) is 32.4 Å². The van der Waals surface area contributed by atoms with Crippen molar-refractivity contribution in [3.8, 4) is 0 Å². The molecule has 2 N–H and O–H groups in total. The highest BCUT2D eigenvalue weighted by atomic mass is 32.2. The van der Waals surface area contributed by atoms with Crippen molar-refractivity contribution in [3.63, 3.8) is 0 Å². The van der Waals surface area contributed by atoms with Gasteiger partial charge < -0.3 is 15.1 Å². The molecule has 1 fully saturated rings. The second kappa shape index (κ2) is 6.61. The lowest BCUT2D eigenvalue weighted by atomic mass is 9.79. The molecule has 0 aromatic heterocycles. The third-order valence-electron chi connectivity index (χ3n) is 4.80. The van der Waals surface area contributed by atoms with E-state index in [-0.39, 0.29) is 23.6 Å². The van der Waals surface area contributed by atoms with Gasteiger partial charge in [-0.1, -0.05) is 37.3 Å². The van der Waals surface area contributed by atoms with Crippen LogP contribution in [-0.2, 0) is 16.0 Å². The number of amides is 1. The van der Waals surface area contributed by atoms with Crippen LogP contribution >= 0.6 is 11.8 Å². The minimum absolute atomic E-state index is 0.0610. The van der Waals surface area contributed by atoms with E-state index in [4.69, 9.17) is 0 Å². The van der Waals surface area contributed by atoms with Gasteiger partial charge in [-0.15, -0.1) is 11.8 Å². The molecule has 0 aliphatic carbocycles. The molecule has 2 heterocycles. The molecule has 4 atom stereocenters. The fourth-order valence-corrected chi connectivity index (χ4v) is 4.92. The van der Waals surface area contributed by atoms with Crippen LogP contribution in [0.15, 0.2) is 40.9 Å². The van der Waals surface area contributed by atoms with Gasteiger partial charge in [-0.3, -0.25) is 4.79 Å². The zero-order valence-electron chi connectivity index (χ0n) is 13.7. The first-order chi connectivity index (χ1) is 11.4. The number of fused-ring (bicyclic) bond motifs is 1. The number of carbonyl (C=O) groups is 2. The summed E-state index contributed by atoms with van der Waals surface area (Å²) in [5.74, 6) is -1.15. The molecular formula is C18H21NO4S. The van der Waals surface area contributed by atoms with Crippen LogP contribution < -0.4 is 0 Å². The molecule has 1 saturated heterocycles. The predicted octanol–water partition coefficient (Wildman–Crippen LogP) is 2.12. The molecule has 6 heteroatoms. The maximum Gasteiger partial charge on any atom is 0.353 e. The van der Waals surface area contributed by atoms with Gasteiger partial charge in [0.25, 0.3) is 0 Å². The lowest BCUT2D eigenvalue weighted by Crippen LogP contribution is -2.63. The van der Waals surface area contributed by atoms with Gasteiger partial charge in [0.1, 0.15) is 5.70 Å². The van der Waals surface area contributed by atoms with E-state index in [1.54, 1.807) is 6.92 Å². The second-order valence-corrected chi connectivity index (χ2v) is 7.49. The highest BCUT2D eigenvalue weighted by molar-refractivity contribution is 8.03. The summed E-state index contributed by atoms with van der Waals surface area (Å²) in [6.45, 7) is 3.54. The number of hydrogen-bond acceptors (Lipinski definition) is 4. The number of aliphatic hydroxyl groups is 1. The standard InChI is InChI=1S/C18H21NO4S/c1-10-14-13(11(2)20)17(21)19(14)15(18(22)23)16(10)24-9-8-12-6-4-3-5-7-12/h3-7,10-11,13-14,20H,8-9H2,1-2H3,(H,22,23)/t10-,11-,13-,14-/m1/s1. The van der Waals surface area contributed by atoms with Gasteiger partial charge in [-0.05, 0) is 18.9 Å². The zero-order valence-corrected chi connectivity index (χ0v) is 14.5. The van der Waals surface area contributed by atoms with E-state index in [0.717, 1.165) is 17.1 Å². The predicted molar refractivity (Wildman–Crippen MR) is 92.2 cm³/mol. The van der Waals surface area contributed by atoms with Crippen molar-refractivity contribution in [3.05, 3.63) is 46.5 Å². The van der Waals surface area contributed by atoms with Crippen molar-refractivity contribution in [1.82, 2.24) is 4.90 Å². The summed E-state index contributed by atoms with van der Waals surface area (Å²) in [6, 6.07) is 9.79. The Morgan fingerprint density at radius 2 is 2.00 bits per heavy atom. The van der Waals surface area contributed by atoms with Crippen LogP contribution in [0.2, 0.25) is 0 Å². The van der Waals surface area contributed by atoms with Crippen LogP contribution in [0.1, 0.15) is 19.4 Å². The fourth-order valence-electron chi connectivity index (χ4n) is 3.64. The van der Waals surface area contributed by atoms with Crippen molar-refractivity contribution >= 4 is 23.6 Å². The molecule has 0 bridgehead atoms. The smallest absolute Gasteiger partial charge is 0.353 e. The summed E-state index contributed by atoms with van der Waals surface area (Å²) >= 11 is 1.51. The molecule has 2 aliphatic rings. The van der Waals surface area contributed by atoms with Crippen LogP contribution in [0.4, 0.5) is 0 Å². The number of rotatable bonds is 6. The Balaban J connectivity index is 1.76. The highest BCUT2D eigenvalue weighted by Crippen LogP contribution is 2.50. The number of aliphatic carboxylic acids is 1. The number of carboxylic acid groups (broad SMARTS) is 1. The molecule has 5 nitrogen and oxygen atoms in total. The number of aryl methyl sites for hydroxylation is 1. The van der Waals surface area contributed by atoms with Crippen molar-refractivity contribution < 1.29 is 19.8 Å². The second-order valence-electron chi connectivity index (χ2n) is 6.36. The zero-order chi connectivity index (χ0) is 17.4. The Bertz CT molecular complexity index is 686. The average molecular weight is 347 g/mol. The van der Waals surface area contributed by atoms with Gasteiger partial charge in [0, 0.05) is 16.6 Å². The van der Waals surface area contributed by atoms with E-state index in [1.165, 1.54) is 22.2 Å². The number of carbonyl (C=O) groups excluding carboxylic acids is 1. The molecule has 1 amide bonds. The van der Waals surface area contributed by atoms with E-state index >= 15 is 0 Å². The number of β-lactam (4-membered cyclic amide) rings is 1. The number of benzene rings is 1. The van der Waals surface area contributed by atoms with E-state index in [9.17, 15) is 19.8 Å². The molecule has 1 aromatic rings. The van der Waals surface area contributed by atoms with Gasteiger partial charge >= 0.3 is 5.97 Å². The summed E-state index contributed by atoms with van der Waals surface area (Å²) < 4.78 is 0. The van der Waals surface area contributed by atoms with Crippen molar-refractivity contribution in [2.24, 2.45) is 11.8 Å². The monoisotopic (exact) mass is 347 g/mol. The Morgan fingerprint density at radius 1 is 1.33 bits per heavy atom. The molecule has 2 aliphatic heterocycles. The first-order valence-electron chi connectivity index (χ1n) is 8.08. The van der Waals surface area contributed by atoms with Crippen LogP contribution in [0.3, 0.4) is 0 Å². The Morgan fingerprint density at radius 3 is 2.58 bits per heavy atom. The molecule has 0 saturated carbocycles. The lowest BCUT2D eigenvalue weighted by molar-refractivity contribution is -0.163. The minimum Gasteiger partial charge on any atom is -0.477 e. The van der Waals surface area contributed by atoms with Crippen molar-refractivity contribution in [2.75, 3.05) is 5.75 Å². The molecule has 24 heavy (non-hydrogen) atoms. The van der Waals surface area contributed by atoms with E-state index in [2.05, 4.69) is 0 Å². The maximum absolute atomic E-state index is 12.2. The van der Waals surface area contributed by atoms with E-state index < -0.39 is 18.0 Å². The first kappa shape index (κ1) is 17.0. The van der Waals surface area contributed by atoms with Gasteiger partial charge in [0.05, 0.1) is 18.1 Å². The van der Waals surface area contributed by atoms with Gasteiger partial charge in [-0.2, -0.15) is 0 Å². The highest BCUT2D eigenvalue weighted by Gasteiger charge is 2.59. The van der Waals surface area contributed by atoms with Gasteiger partial charge in [-0.25, -0.2) is 4.79 Å². The molecule has 1 aromatic carbocycles. The Labute approximate surface area is 145 Å². The SMILES string of the molecule is C[C@@H](O)[C@H]1C(=O)N2C(C(=O)O)=C(SCCc3ccccc3)[C@H](C)[C@H]12. The molecular weight excluding hydrogens is 326 g/mol. The Hall–Kier alpha value is -1.79. The van der Waals surface area contributed by atoms with Crippen LogP contribution in [-0.4, -0.2) is 44.9 Å². The number of aliphatic hydroxyl groups excluding tert-OH is 1. The lowest BCUT2D eigenvalue weighted by Gasteiger charge is -2.46. The molecule has 0 radical (unpaired) electrons. The van der Waals surface area contributed by atoms with Crippen LogP contribution in [0, 0.1) is 11.8 Å². The maximum atomic E-state index is 12.2. The van der Waals surface area contributed by atoms with Crippen molar-refractivity contribution in [1.29, 1.82) is 0 Å². The number of nitrogens with zero attached hydrogens (tertiary/aromatic N) is 1. The summed E-state index contributed by atoms with van der Waals surface area (Å²) in [7, 11) is 0. The number of thioether (sulfide) groups is 1. The molecule has 0 unspecified atom stereocenters. The number of carboxylic acids is 1. The molecule has 128 valence electrons. The van der Waals surface area contributed by atoms with E-state index in [0.29, 0.717) is 0 Å². The third-order valence-corrected chi connectivity index (χ3v) is 6.09. The topological polar surface area (TPSA) is 77.8 Å². The summed E-state index contributed by atoms with van der Waals surface area (Å²) in [6.07, 6.45) is 0.0810. The Kier molecular flexibility index (Phi) is 4.69. The van der Waals surface area contributed by atoms with Crippen LogP contribution in [0.5, 0.6) is 0 Å². The summed E-state index contributed by atoms with van der Waals surface area (Å²) in [4.78, 5) is 26.0. The van der Waals surface area contributed by atoms with Gasteiger partial charge in [0.15, 0.2) is 0 Å². The third kappa shape index (κ3) is 2.74. The summed E-state index contributed by atoms with van der Waals surface area (Å²) in [5.41, 5.74) is 1.31. The average Bonchev–Trinajstić information content (AvgIpc) is 2.78.